The molecular weight excluding hydrogens is 255 g/mol. The van der Waals surface area contributed by atoms with E-state index in [0.717, 1.165) is 17.5 Å². The van der Waals surface area contributed by atoms with Gasteiger partial charge in [-0.15, -0.1) is 0 Å². The average Bonchev–Trinajstić information content (AvgIpc) is 2.46. The minimum atomic E-state index is -1.77. The van der Waals surface area contributed by atoms with Crippen LogP contribution in [0, 0.1) is 0 Å². The molecule has 2 saturated carbocycles. The zero-order valence-corrected chi connectivity index (χ0v) is 13.6. The molecule has 0 spiro atoms. The van der Waals surface area contributed by atoms with Gasteiger partial charge in [0, 0.05) is 0 Å². The van der Waals surface area contributed by atoms with Crippen LogP contribution >= 0.6 is 7.26 Å². The number of aliphatic hydroxyl groups is 2. The van der Waals surface area contributed by atoms with Crippen LogP contribution in [0.4, 0.5) is 0 Å². The van der Waals surface area contributed by atoms with Crippen LogP contribution in [0.1, 0.15) is 71.1 Å². The van der Waals surface area contributed by atoms with Gasteiger partial charge in [-0.05, 0) is 0 Å². The second-order valence-electron chi connectivity index (χ2n) is 6.93. The third kappa shape index (κ3) is 3.34. The molecule has 0 bridgehead atoms. The molecule has 2 aliphatic rings. The summed E-state index contributed by atoms with van der Waals surface area (Å²) >= 11 is 0. The number of hydrogen-bond donors (Lipinski definition) is 2. The molecule has 2 nitrogen and oxygen atoms in total. The van der Waals surface area contributed by atoms with Gasteiger partial charge in [0.1, 0.15) is 0 Å². The summed E-state index contributed by atoms with van der Waals surface area (Å²) in [7, 11) is -1.77. The van der Waals surface area contributed by atoms with Crippen molar-refractivity contribution in [3.8, 4) is 0 Å². The Morgan fingerprint density at radius 3 is 1.63 bits per heavy atom. The van der Waals surface area contributed by atoms with Crippen molar-refractivity contribution in [2.24, 2.45) is 0 Å². The molecule has 0 heterocycles. The van der Waals surface area contributed by atoms with Crippen LogP contribution in [-0.2, 0) is 0 Å². The first-order valence-corrected chi connectivity index (χ1v) is 10.9. The molecule has 1 unspecified atom stereocenters. The van der Waals surface area contributed by atoms with E-state index in [4.69, 9.17) is 0 Å². The van der Waals surface area contributed by atoms with Gasteiger partial charge in [0.05, 0.1) is 0 Å². The number of hydrogen-bond acceptors (Lipinski definition) is 2. The van der Waals surface area contributed by atoms with Gasteiger partial charge in [0.15, 0.2) is 0 Å². The van der Waals surface area contributed by atoms with Crippen molar-refractivity contribution in [1.82, 2.24) is 0 Å². The van der Waals surface area contributed by atoms with E-state index in [1.807, 2.05) is 6.92 Å². The summed E-state index contributed by atoms with van der Waals surface area (Å²) in [6.45, 7) is 2.34. The quantitative estimate of drug-likeness (QED) is 0.757. The SMILES string of the molecule is CC(O)[PH](CCO)(C1CCCCC1)C1CCCCC1. The fourth-order valence-corrected chi connectivity index (χ4v) is 11.7. The van der Waals surface area contributed by atoms with Gasteiger partial charge in [-0.3, -0.25) is 0 Å². The molecule has 2 rings (SSSR count). The van der Waals surface area contributed by atoms with Crippen molar-refractivity contribution in [1.29, 1.82) is 0 Å². The molecule has 0 amide bonds. The van der Waals surface area contributed by atoms with Crippen molar-refractivity contribution in [2.45, 2.75) is 88.3 Å². The van der Waals surface area contributed by atoms with E-state index in [-0.39, 0.29) is 5.85 Å². The fourth-order valence-electron chi connectivity index (χ4n) is 5.11. The Labute approximate surface area is 119 Å². The van der Waals surface area contributed by atoms with Crippen LogP contribution in [0.2, 0.25) is 0 Å². The maximum absolute atomic E-state index is 10.6. The van der Waals surface area contributed by atoms with Crippen LogP contribution in [0.15, 0.2) is 0 Å². The van der Waals surface area contributed by atoms with Crippen LogP contribution in [0.25, 0.3) is 0 Å². The molecule has 0 radical (unpaired) electrons. The van der Waals surface area contributed by atoms with Gasteiger partial charge in [-0.25, -0.2) is 0 Å². The minimum absolute atomic E-state index is 0.133. The Morgan fingerprint density at radius 1 is 0.895 bits per heavy atom. The van der Waals surface area contributed by atoms with Crippen molar-refractivity contribution in [2.75, 3.05) is 12.8 Å². The van der Waals surface area contributed by atoms with Crippen LogP contribution in [-0.4, -0.2) is 40.1 Å². The van der Waals surface area contributed by atoms with Gasteiger partial charge in [0.2, 0.25) is 0 Å². The Hall–Kier alpha value is 0.350. The Balaban J connectivity index is 2.22. The van der Waals surface area contributed by atoms with E-state index in [9.17, 15) is 10.2 Å². The Bertz CT molecular complexity index is 237. The van der Waals surface area contributed by atoms with Crippen molar-refractivity contribution in [3.63, 3.8) is 0 Å². The zero-order chi connectivity index (χ0) is 13.7. The molecule has 0 aromatic carbocycles. The fraction of sp³-hybridized carbons (Fsp3) is 1.00. The number of rotatable bonds is 5. The summed E-state index contributed by atoms with van der Waals surface area (Å²) in [4.78, 5) is 0. The number of aliphatic hydroxyl groups excluding tert-OH is 2. The van der Waals surface area contributed by atoms with E-state index in [0.29, 0.717) is 6.61 Å². The van der Waals surface area contributed by atoms with E-state index in [1.165, 1.54) is 64.2 Å². The summed E-state index contributed by atoms with van der Waals surface area (Å²) < 4.78 is 0. The molecular formula is C16H33O2P. The molecule has 0 aromatic heterocycles. The molecule has 2 aliphatic carbocycles. The van der Waals surface area contributed by atoms with Gasteiger partial charge in [0.25, 0.3) is 0 Å². The predicted molar refractivity (Wildman–Crippen MR) is 85.7 cm³/mol. The van der Waals surface area contributed by atoms with E-state index in [1.54, 1.807) is 0 Å². The molecule has 2 N–H and O–H groups in total. The molecule has 114 valence electrons. The Kier molecular flexibility index (Phi) is 6.11. The zero-order valence-electron chi connectivity index (χ0n) is 12.6. The van der Waals surface area contributed by atoms with Crippen LogP contribution < -0.4 is 0 Å². The molecule has 0 aromatic rings. The first kappa shape index (κ1) is 15.7. The second-order valence-corrected chi connectivity index (χ2v) is 12.1. The predicted octanol–water partition coefficient (Wildman–Crippen LogP) is 3.73. The average molecular weight is 288 g/mol. The maximum atomic E-state index is 10.6. The van der Waals surface area contributed by atoms with Crippen LogP contribution in [0.3, 0.4) is 0 Å². The summed E-state index contributed by atoms with van der Waals surface area (Å²) in [6, 6.07) is 0. The summed E-state index contributed by atoms with van der Waals surface area (Å²) in [6.07, 6.45) is 14.4. The van der Waals surface area contributed by atoms with Gasteiger partial charge < -0.3 is 0 Å². The summed E-state index contributed by atoms with van der Waals surface area (Å²) in [5.41, 5.74) is 1.55. The van der Waals surface area contributed by atoms with Crippen molar-refractivity contribution < 1.29 is 10.2 Å². The molecule has 1 atom stereocenters. The third-order valence-electron chi connectivity index (χ3n) is 6.05. The van der Waals surface area contributed by atoms with Gasteiger partial charge in [-0.2, -0.15) is 0 Å². The topological polar surface area (TPSA) is 40.5 Å². The van der Waals surface area contributed by atoms with Crippen molar-refractivity contribution in [3.05, 3.63) is 0 Å². The monoisotopic (exact) mass is 288 g/mol. The first-order chi connectivity index (χ1) is 9.21. The molecule has 0 aliphatic heterocycles. The van der Waals surface area contributed by atoms with E-state index >= 15 is 0 Å². The van der Waals surface area contributed by atoms with Crippen LogP contribution in [0.5, 0.6) is 0 Å². The molecule has 0 saturated heterocycles. The first-order valence-electron chi connectivity index (χ1n) is 8.50. The summed E-state index contributed by atoms with van der Waals surface area (Å²) in [5.74, 6) is -0.133. The van der Waals surface area contributed by atoms with Gasteiger partial charge in [-0.1, -0.05) is 0 Å². The van der Waals surface area contributed by atoms with Crippen molar-refractivity contribution >= 4 is 7.26 Å². The third-order valence-corrected chi connectivity index (χ3v) is 12.9. The standard InChI is InChI=1S/C16H33O2P/c1-14(18)19(13-12-17,15-8-4-2-5-9-15)16-10-6-3-7-11-16/h14-19H,2-13H2,1H3. The van der Waals surface area contributed by atoms with E-state index < -0.39 is 7.26 Å². The van der Waals surface area contributed by atoms with Gasteiger partial charge >= 0.3 is 119 Å². The Morgan fingerprint density at radius 2 is 1.32 bits per heavy atom. The molecule has 19 heavy (non-hydrogen) atoms. The molecule has 3 heteroatoms. The summed E-state index contributed by atoms with van der Waals surface area (Å²) in [5, 5.41) is 20.3. The second kappa shape index (κ2) is 7.38. The van der Waals surface area contributed by atoms with E-state index in [2.05, 4.69) is 0 Å². The normalized spacial score (nSPS) is 26.3. The molecule has 2 fully saturated rings.